The molecular formula is C20H21N3O7S. The summed E-state index contributed by atoms with van der Waals surface area (Å²) < 4.78 is 31.6. The molecule has 0 aromatic heterocycles. The van der Waals surface area contributed by atoms with Crippen LogP contribution in [-0.4, -0.2) is 48.7 Å². The summed E-state index contributed by atoms with van der Waals surface area (Å²) in [5.41, 5.74) is 0.0976. The molecule has 1 saturated heterocycles. The molecule has 10 nitrogen and oxygen atoms in total. The summed E-state index contributed by atoms with van der Waals surface area (Å²) in [7, 11) is -3.59. The van der Waals surface area contributed by atoms with Gasteiger partial charge in [0.1, 0.15) is 0 Å². The monoisotopic (exact) mass is 447 g/mol. The topological polar surface area (TPSA) is 136 Å². The Labute approximate surface area is 179 Å². The van der Waals surface area contributed by atoms with Gasteiger partial charge in [-0.15, -0.1) is 0 Å². The first-order valence-electron chi connectivity index (χ1n) is 9.55. The van der Waals surface area contributed by atoms with Gasteiger partial charge >= 0.3 is 5.97 Å². The molecule has 1 aliphatic heterocycles. The number of esters is 1. The van der Waals surface area contributed by atoms with Crippen LogP contribution < -0.4 is 5.32 Å². The van der Waals surface area contributed by atoms with Gasteiger partial charge in [0.25, 0.3) is 11.6 Å². The van der Waals surface area contributed by atoms with E-state index < -0.39 is 32.9 Å². The normalized spacial score (nSPS) is 15.3. The van der Waals surface area contributed by atoms with Crippen LogP contribution in [0.3, 0.4) is 0 Å². The Kier molecular flexibility index (Phi) is 6.66. The number of hydrogen-bond donors (Lipinski definition) is 1. The molecule has 2 aromatic carbocycles. The Balaban J connectivity index is 1.62. The molecule has 11 heteroatoms. The highest BCUT2D eigenvalue weighted by atomic mass is 32.2. The summed E-state index contributed by atoms with van der Waals surface area (Å²) in [6, 6.07) is 10.7. The molecule has 0 bridgehead atoms. The van der Waals surface area contributed by atoms with Gasteiger partial charge in [0.15, 0.2) is 6.10 Å². The Hall–Kier alpha value is -3.31. The van der Waals surface area contributed by atoms with Crippen molar-refractivity contribution in [1.29, 1.82) is 0 Å². The summed E-state index contributed by atoms with van der Waals surface area (Å²) in [4.78, 5) is 34.9. The van der Waals surface area contributed by atoms with E-state index in [1.54, 1.807) is 0 Å². The van der Waals surface area contributed by atoms with Crippen molar-refractivity contribution in [2.24, 2.45) is 0 Å². The van der Waals surface area contributed by atoms with E-state index >= 15 is 0 Å². The molecule has 1 amide bonds. The number of rotatable bonds is 7. The van der Waals surface area contributed by atoms with Gasteiger partial charge in [-0.3, -0.25) is 14.9 Å². The van der Waals surface area contributed by atoms with Crippen LogP contribution in [0.4, 0.5) is 11.4 Å². The molecule has 1 aliphatic rings. The first-order valence-corrected chi connectivity index (χ1v) is 11.0. The molecule has 0 unspecified atom stereocenters. The lowest BCUT2D eigenvalue weighted by atomic mass is 10.2. The van der Waals surface area contributed by atoms with Crippen LogP contribution in [0, 0.1) is 10.1 Å². The van der Waals surface area contributed by atoms with Crippen molar-refractivity contribution in [2.75, 3.05) is 18.4 Å². The predicted octanol–water partition coefficient (Wildman–Crippen LogP) is 2.56. The molecule has 0 aliphatic carbocycles. The van der Waals surface area contributed by atoms with Crippen LogP contribution in [0.2, 0.25) is 0 Å². The van der Waals surface area contributed by atoms with E-state index in [0.29, 0.717) is 13.1 Å². The summed E-state index contributed by atoms with van der Waals surface area (Å²) >= 11 is 0. The molecule has 0 radical (unpaired) electrons. The van der Waals surface area contributed by atoms with Crippen molar-refractivity contribution in [1.82, 2.24) is 4.31 Å². The summed E-state index contributed by atoms with van der Waals surface area (Å²) in [6.07, 6.45) is 0.458. The number of benzene rings is 2. The minimum Gasteiger partial charge on any atom is -0.449 e. The minimum atomic E-state index is -3.59. The Morgan fingerprint density at radius 2 is 1.77 bits per heavy atom. The van der Waals surface area contributed by atoms with Crippen LogP contribution in [0.1, 0.15) is 30.1 Å². The van der Waals surface area contributed by atoms with Crippen molar-refractivity contribution >= 4 is 33.3 Å². The number of nitro benzene ring substituents is 1. The average molecular weight is 447 g/mol. The zero-order chi connectivity index (χ0) is 22.6. The number of anilines is 1. The lowest BCUT2D eigenvalue weighted by Gasteiger charge is -2.16. The van der Waals surface area contributed by atoms with Crippen LogP contribution in [0.15, 0.2) is 53.4 Å². The minimum absolute atomic E-state index is 0.0856. The van der Waals surface area contributed by atoms with Gasteiger partial charge in [-0.05, 0) is 50.1 Å². The number of hydrogen-bond acceptors (Lipinski definition) is 7. The Morgan fingerprint density at radius 1 is 1.13 bits per heavy atom. The summed E-state index contributed by atoms with van der Waals surface area (Å²) in [5.74, 6) is -1.46. The highest BCUT2D eigenvalue weighted by molar-refractivity contribution is 7.89. The number of sulfonamides is 1. The predicted molar refractivity (Wildman–Crippen MR) is 111 cm³/mol. The van der Waals surface area contributed by atoms with Gasteiger partial charge in [-0.1, -0.05) is 6.07 Å². The fourth-order valence-corrected chi connectivity index (χ4v) is 4.58. The Morgan fingerprint density at radius 3 is 2.39 bits per heavy atom. The van der Waals surface area contributed by atoms with Crippen molar-refractivity contribution in [3.05, 3.63) is 64.2 Å². The first-order chi connectivity index (χ1) is 14.7. The standard InChI is InChI=1S/C20H21N3O7S/c1-14(19(24)21-16-5-4-6-17(13-16)23(26)27)30-20(25)15-7-9-18(10-8-15)31(28,29)22-11-2-3-12-22/h4-10,13-14H,2-3,11-12H2,1H3,(H,21,24)/t14-/m1/s1. The molecular weight excluding hydrogens is 426 g/mol. The van der Waals surface area contributed by atoms with Crippen molar-refractivity contribution in [3.8, 4) is 0 Å². The van der Waals surface area contributed by atoms with E-state index in [-0.39, 0.29) is 21.8 Å². The van der Waals surface area contributed by atoms with Crippen molar-refractivity contribution < 1.29 is 27.7 Å². The van der Waals surface area contributed by atoms with Crippen molar-refractivity contribution in [3.63, 3.8) is 0 Å². The molecule has 2 aromatic rings. The zero-order valence-electron chi connectivity index (χ0n) is 16.7. The number of carbonyl (C=O) groups excluding carboxylic acids is 2. The van der Waals surface area contributed by atoms with Crippen LogP contribution in [0.5, 0.6) is 0 Å². The molecule has 1 N–H and O–H groups in total. The largest absolute Gasteiger partial charge is 0.449 e. The van der Waals surface area contributed by atoms with E-state index in [1.807, 2.05) is 0 Å². The highest BCUT2D eigenvalue weighted by Gasteiger charge is 2.27. The number of nitro groups is 1. The third-order valence-corrected chi connectivity index (χ3v) is 6.68. The smallest absolute Gasteiger partial charge is 0.338 e. The molecule has 3 rings (SSSR count). The third kappa shape index (κ3) is 5.25. The SMILES string of the molecule is C[C@@H](OC(=O)c1ccc(S(=O)(=O)N2CCCC2)cc1)C(=O)Nc1cccc([N+](=O)[O-])c1. The number of ether oxygens (including phenoxy) is 1. The molecule has 31 heavy (non-hydrogen) atoms. The number of non-ortho nitro benzene ring substituents is 1. The zero-order valence-corrected chi connectivity index (χ0v) is 17.5. The number of nitrogens with one attached hydrogen (secondary N) is 1. The maximum Gasteiger partial charge on any atom is 0.338 e. The number of carbonyl (C=O) groups is 2. The maximum absolute atomic E-state index is 12.5. The van der Waals surface area contributed by atoms with E-state index in [0.717, 1.165) is 12.8 Å². The lowest BCUT2D eigenvalue weighted by Crippen LogP contribution is -2.30. The molecule has 1 fully saturated rings. The van der Waals surface area contributed by atoms with Gasteiger partial charge in [0.05, 0.1) is 15.4 Å². The van der Waals surface area contributed by atoms with E-state index in [2.05, 4.69) is 5.32 Å². The molecule has 0 spiro atoms. The van der Waals surface area contributed by atoms with Gasteiger partial charge in [0.2, 0.25) is 10.0 Å². The lowest BCUT2D eigenvalue weighted by molar-refractivity contribution is -0.384. The third-order valence-electron chi connectivity index (χ3n) is 4.77. The van der Waals surface area contributed by atoms with Crippen LogP contribution >= 0.6 is 0 Å². The number of nitrogens with zero attached hydrogens (tertiary/aromatic N) is 2. The van der Waals surface area contributed by atoms with Gasteiger partial charge in [-0.25, -0.2) is 13.2 Å². The first kappa shape index (κ1) is 22.4. The van der Waals surface area contributed by atoms with E-state index in [4.69, 9.17) is 4.74 Å². The summed E-state index contributed by atoms with van der Waals surface area (Å²) in [6.45, 7) is 2.31. The molecule has 164 valence electrons. The highest BCUT2D eigenvalue weighted by Crippen LogP contribution is 2.22. The van der Waals surface area contributed by atoms with Gasteiger partial charge in [0, 0.05) is 30.9 Å². The molecule has 0 saturated carbocycles. The average Bonchev–Trinajstić information content (AvgIpc) is 3.30. The van der Waals surface area contributed by atoms with Crippen LogP contribution in [0.25, 0.3) is 0 Å². The quantitative estimate of drug-likeness (QED) is 0.391. The second kappa shape index (κ2) is 9.23. The Bertz CT molecular complexity index is 1090. The second-order valence-corrected chi connectivity index (χ2v) is 8.92. The van der Waals surface area contributed by atoms with Gasteiger partial charge < -0.3 is 10.1 Å². The molecule has 1 atom stereocenters. The van der Waals surface area contributed by atoms with Crippen LogP contribution in [-0.2, 0) is 19.6 Å². The van der Waals surface area contributed by atoms with Gasteiger partial charge in [-0.2, -0.15) is 4.31 Å². The van der Waals surface area contributed by atoms with E-state index in [9.17, 15) is 28.1 Å². The summed E-state index contributed by atoms with van der Waals surface area (Å²) in [5, 5.41) is 13.3. The molecule has 1 heterocycles. The fraction of sp³-hybridized carbons (Fsp3) is 0.300. The number of amides is 1. The second-order valence-electron chi connectivity index (χ2n) is 6.98. The fourth-order valence-electron chi connectivity index (χ4n) is 3.06. The van der Waals surface area contributed by atoms with Crippen molar-refractivity contribution in [2.45, 2.75) is 30.8 Å². The maximum atomic E-state index is 12.5. The van der Waals surface area contributed by atoms with E-state index in [1.165, 1.54) is 59.8 Å².